The van der Waals surface area contributed by atoms with Crippen LogP contribution >= 0.6 is 0 Å². The number of imidazole rings is 1. The molecule has 0 saturated heterocycles. The molecule has 4 rings (SSSR count). The molecular formula is C20H16N8O2. The Morgan fingerprint density at radius 3 is 2.83 bits per heavy atom. The van der Waals surface area contributed by atoms with Gasteiger partial charge in [0.25, 0.3) is 0 Å². The summed E-state index contributed by atoms with van der Waals surface area (Å²) < 4.78 is 1.58. The number of pyridine rings is 2. The van der Waals surface area contributed by atoms with Gasteiger partial charge in [0.1, 0.15) is 40.9 Å². The number of fused-ring (bicyclic) bond motifs is 1. The van der Waals surface area contributed by atoms with Crippen molar-refractivity contribution in [1.29, 1.82) is 5.26 Å². The number of carboxylic acids is 1. The van der Waals surface area contributed by atoms with E-state index in [-0.39, 0.29) is 22.9 Å². The first-order chi connectivity index (χ1) is 14.5. The van der Waals surface area contributed by atoms with Crippen LogP contribution in [-0.2, 0) is 0 Å². The smallest absolute Gasteiger partial charge is 0.352 e. The molecule has 4 heterocycles. The van der Waals surface area contributed by atoms with Crippen molar-refractivity contribution in [3.8, 4) is 17.3 Å². The minimum absolute atomic E-state index is 0.0675. The molecule has 10 heteroatoms. The predicted octanol–water partition coefficient (Wildman–Crippen LogP) is 2.51. The SMILES string of the molecule is CC(Nc1ncnc(N)c1C#N)c1nc2cccc(C(=O)O)n2c1-c1cccnc1. The van der Waals surface area contributed by atoms with E-state index in [1.807, 2.05) is 19.1 Å². The summed E-state index contributed by atoms with van der Waals surface area (Å²) in [5.41, 5.74) is 8.29. The van der Waals surface area contributed by atoms with Crippen molar-refractivity contribution in [2.45, 2.75) is 13.0 Å². The van der Waals surface area contributed by atoms with Gasteiger partial charge < -0.3 is 16.2 Å². The summed E-state index contributed by atoms with van der Waals surface area (Å²) in [5, 5.41) is 22.2. The minimum Gasteiger partial charge on any atom is -0.477 e. The average Bonchev–Trinajstić information content (AvgIpc) is 3.14. The van der Waals surface area contributed by atoms with Crippen molar-refractivity contribution < 1.29 is 9.90 Å². The molecule has 0 aliphatic heterocycles. The van der Waals surface area contributed by atoms with E-state index < -0.39 is 12.0 Å². The molecule has 1 atom stereocenters. The molecule has 10 nitrogen and oxygen atoms in total. The molecule has 0 aliphatic rings. The fraction of sp³-hybridized carbons (Fsp3) is 0.100. The number of carbonyl (C=O) groups is 1. The van der Waals surface area contributed by atoms with E-state index in [0.29, 0.717) is 22.6 Å². The Balaban J connectivity index is 1.91. The molecule has 0 aromatic carbocycles. The first-order valence-electron chi connectivity index (χ1n) is 8.93. The lowest BCUT2D eigenvalue weighted by molar-refractivity contribution is 0.0689. The Morgan fingerprint density at radius 1 is 1.30 bits per heavy atom. The van der Waals surface area contributed by atoms with Crippen LogP contribution in [0.25, 0.3) is 16.9 Å². The largest absolute Gasteiger partial charge is 0.477 e. The van der Waals surface area contributed by atoms with Crippen LogP contribution in [0.3, 0.4) is 0 Å². The summed E-state index contributed by atoms with van der Waals surface area (Å²) in [6.45, 7) is 1.83. The van der Waals surface area contributed by atoms with Gasteiger partial charge in [-0.15, -0.1) is 0 Å². The molecule has 0 saturated carbocycles. The highest BCUT2D eigenvalue weighted by molar-refractivity contribution is 5.88. The zero-order valence-corrected chi connectivity index (χ0v) is 15.8. The first-order valence-corrected chi connectivity index (χ1v) is 8.93. The molecule has 30 heavy (non-hydrogen) atoms. The van der Waals surface area contributed by atoms with Crippen LogP contribution in [0.2, 0.25) is 0 Å². The van der Waals surface area contributed by atoms with Crippen molar-refractivity contribution >= 4 is 23.3 Å². The topological polar surface area (TPSA) is 155 Å². The number of nitrogens with one attached hydrogen (secondary N) is 1. The van der Waals surface area contributed by atoms with Crippen molar-refractivity contribution in [3.63, 3.8) is 0 Å². The summed E-state index contributed by atoms with van der Waals surface area (Å²) in [6.07, 6.45) is 4.54. The molecule has 0 spiro atoms. The molecule has 4 N–H and O–H groups in total. The lowest BCUT2D eigenvalue weighted by Crippen LogP contribution is -2.13. The third-order valence-corrected chi connectivity index (χ3v) is 4.58. The van der Waals surface area contributed by atoms with Gasteiger partial charge in [-0.1, -0.05) is 6.07 Å². The number of rotatable bonds is 5. The predicted molar refractivity (Wildman–Crippen MR) is 109 cm³/mol. The molecule has 0 fully saturated rings. The quantitative estimate of drug-likeness (QED) is 0.458. The van der Waals surface area contributed by atoms with Crippen LogP contribution in [0, 0.1) is 11.3 Å². The second-order valence-corrected chi connectivity index (χ2v) is 6.46. The second kappa shape index (κ2) is 7.48. The van der Waals surface area contributed by atoms with Crippen molar-refractivity contribution in [3.05, 3.63) is 66.0 Å². The summed E-state index contributed by atoms with van der Waals surface area (Å²) in [7, 11) is 0. The van der Waals surface area contributed by atoms with Crippen molar-refractivity contribution in [2.75, 3.05) is 11.1 Å². The molecule has 1 unspecified atom stereocenters. The number of carboxylic acid groups (broad SMARTS) is 1. The Hall–Kier alpha value is -4.52. The zero-order valence-electron chi connectivity index (χ0n) is 15.8. The van der Waals surface area contributed by atoms with E-state index in [0.717, 1.165) is 0 Å². The number of aromatic nitrogens is 5. The van der Waals surface area contributed by atoms with Crippen LogP contribution in [0.1, 0.15) is 34.7 Å². The normalized spacial score (nSPS) is 11.7. The summed E-state index contributed by atoms with van der Waals surface area (Å²) in [6, 6.07) is 10.0. The van der Waals surface area contributed by atoms with Crippen molar-refractivity contribution in [1.82, 2.24) is 24.3 Å². The summed E-state index contributed by atoms with van der Waals surface area (Å²) >= 11 is 0. The van der Waals surface area contributed by atoms with E-state index in [1.165, 1.54) is 12.4 Å². The van der Waals surface area contributed by atoms with Crippen molar-refractivity contribution in [2.24, 2.45) is 0 Å². The van der Waals surface area contributed by atoms with Gasteiger partial charge in [0.2, 0.25) is 0 Å². The van der Waals surface area contributed by atoms with Gasteiger partial charge in [-0.3, -0.25) is 9.38 Å². The highest BCUT2D eigenvalue weighted by Crippen LogP contribution is 2.32. The Kier molecular flexibility index (Phi) is 4.69. The number of aromatic carboxylic acids is 1. The maximum atomic E-state index is 11.8. The standard InChI is InChI=1S/C20H16N8O2/c1-11(26-19-13(8-21)18(22)24-10-25-19)16-17(12-4-3-7-23-9-12)28-14(20(29)30)5-2-6-15(28)27-16/h2-7,9-11H,1H3,(H,29,30)(H3,22,24,25,26). The minimum atomic E-state index is -1.08. The van der Waals surface area contributed by atoms with Crippen LogP contribution in [0.5, 0.6) is 0 Å². The van der Waals surface area contributed by atoms with E-state index in [2.05, 4.69) is 25.3 Å². The van der Waals surface area contributed by atoms with Crippen LogP contribution in [0.4, 0.5) is 11.6 Å². The van der Waals surface area contributed by atoms with Gasteiger partial charge in [0.05, 0.1) is 17.4 Å². The lowest BCUT2D eigenvalue weighted by Gasteiger charge is -2.16. The third-order valence-electron chi connectivity index (χ3n) is 4.58. The molecule has 0 bridgehead atoms. The highest BCUT2D eigenvalue weighted by Gasteiger charge is 2.24. The molecule has 4 aromatic heterocycles. The molecule has 148 valence electrons. The Morgan fingerprint density at radius 2 is 2.13 bits per heavy atom. The summed E-state index contributed by atoms with van der Waals surface area (Å²) in [5.74, 6) is -0.742. The fourth-order valence-electron chi connectivity index (χ4n) is 3.25. The average molecular weight is 400 g/mol. The number of hydrogen-bond donors (Lipinski definition) is 3. The van der Waals surface area contributed by atoms with Crippen LogP contribution < -0.4 is 11.1 Å². The zero-order chi connectivity index (χ0) is 21.3. The number of nitrogen functional groups attached to an aromatic ring is 1. The van der Waals surface area contributed by atoms with Gasteiger partial charge in [-0.05, 0) is 31.2 Å². The number of anilines is 2. The van der Waals surface area contributed by atoms with E-state index in [4.69, 9.17) is 5.73 Å². The molecule has 0 amide bonds. The fourth-order valence-corrected chi connectivity index (χ4v) is 3.25. The van der Waals surface area contributed by atoms with Gasteiger partial charge >= 0.3 is 5.97 Å². The number of hydrogen-bond acceptors (Lipinski definition) is 8. The molecule has 0 radical (unpaired) electrons. The highest BCUT2D eigenvalue weighted by atomic mass is 16.4. The number of nitrogens with two attached hydrogens (primary N) is 1. The van der Waals surface area contributed by atoms with Gasteiger partial charge in [-0.25, -0.2) is 19.7 Å². The number of nitrogens with zero attached hydrogens (tertiary/aromatic N) is 6. The summed E-state index contributed by atoms with van der Waals surface area (Å²) in [4.78, 5) is 28.6. The number of nitriles is 1. The third kappa shape index (κ3) is 3.14. The first kappa shape index (κ1) is 18.8. The maximum absolute atomic E-state index is 11.8. The van der Waals surface area contributed by atoms with Crippen LogP contribution in [0.15, 0.2) is 49.1 Å². The second-order valence-electron chi connectivity index (χ2n) is 6.46. The van der Waals surface area contributed by atoms with Gasteiger partial charge in [0.15, 0.2) is 0 Å². The Bertz CT molecular complexity index is 1290. The van der Waals surface area contributed by atoms with Gasteiger partial charge in [0, 0.05) is 18.0 Å². The lowest BCUT2D eigenvalue weighted by atomic mass is 10.1. The van der Waals surface area contributed by atoms with Gasteiger partial charge in [-0.2, -0.15) is 5.26 Å². The van der Waals surface area contributed by atoms with Crippen LogP contribution in [-0.4, -0.2) is 35.4 Å². The van der Waals surface area contributed by atoms with E-state index in [1.54, 1.807) is 35.0 Å². The maximum Gasteiger partial charge on any atom is 0.352 e. The Labute approximate surface area is 170 Å². The molecule has 0 aliphatic carbocycles. The van der Waals surface area contributed by atoms with E-state index >= 15 is 0 Å². The molecule has 4 aromatic rings. The van der Waals surface area contributed by atoms with E-state index in [9.17, 15) is 15.2 Å². The monoisotopic (exact) mass is 400 g/mol. The molecular weight excluding hydrogens is 384 g/mol.